The molecule has 7 heteroatoms. The summed E-state index contributed by atoms with van der Waals surface area (Å²) < 4.78 is 1.84. The van der Waals surface area contributed by atoms with Crippen molar-refractivity contribution in [2.45, 2.75) is 25.2 Å². The average molecular weight is 404 g/mol. The minimum absolute atomic E-state index is 0.181. The van der Waals surface area contributed by atoms with Crippen molar-refractivity contribution in [1.82, 2.24) is 24.5 Å². The molecule has 0 spiro atoms. The smallest absolute Gasteiger partial charge is 0.227 e. The fourth-order valence-electron chi connectivity index (χ4n) is 3.88. The molecule has 1 aliphatic heterocycles. The van der Waals surface area contributed by atoms with Crippen LogP contribution in [-0.2, 0) is 11.2 Å². The molecule has 0 bridgehead atoms. The second kappa shape index (κ2) is 7.75. The molecule has 146 valence electrons. The highest BCUT2D eigenvalue weighted by Crippen LogP contribution is 2.27. The number of hydrogen-bond donors (Lipinski definition) is 0. The minimum Gasteiger partial charge on any atom is -0.342 e. The molecule has 0 aromatic carbocycles. The van der Waals surface area contributed by atoms with E-state index in [0.717, 1.165) is 46.9 Å². The van der Waals surface area contributed by atoms with Gasteiger partial charge in [0.1, 0.15) is 0 Å². The fraction of sp³-hybridized carbons (Fsp3) is 0.273. The van der Waals surface area contributed by atoms with Crippen LogP contribution >= 0.6 is 11.3 Å². The average Bonchev–Trinajstić information content (AvgIpc) is 3.43. The Morgan fingerprint density at radius 1 is 1.14 bits per heavy atom. The number of amides is 1. The van der Waals surface area contributed by atoms with Crippen molar-refractivity contribution in [2.75, 3.05) is 13.1 Å². The first-order valence-corrected chi connectivity index (χ1v) is 10.7. The number of likely N-dealkylation sites (tertiary alicyclic amines) is 1. The molecule has 4 aromatic heterocycles. The van der Waals surface area contributed by atoms with E-state index in [9.17, 15) is 4.79 Å². The summed E-state index contributed by atoms with van der Waals surface area (Å²) in [6, 6.07) is 12.0. The molecule has 4 aromatic rings. The van der Waals surface area contributed by atoms with Gasteiger partial charge in [-0.3, -0.25) is 9.78 Å². The number of hydrogen-bond acceptors (Lipinski definition) is 5. The quantitative estimate of drug-likeness (QED) is 0.520. The second-order valence-electron chi connectivity index (χ2n) is 7.36. The van der Waals surface area contributed by atoms with Crippen molar-refractivity contribution < 1.29 is 4.79 Å². The van der Waals surface area contributed by atoms with Crippen LogP contribution < -0.4 is 0 Å². The van der Waals surface area contributed by atoms with E-state index < -0.39 is 0 Å². The number of carbonyl (C=O) groups is 1. The molecule has 5 rings (SSSR count). The van der Waals surface area contributed by atoms with Crippen molar-refractivity contribution in [1.29, 1.82) is 0 Å². The summed E-state index contributed by atoms with van der Waals surface area (Å²) in [6.07, 6.45) is 8.06. The molecule has 0 aliphatic carbocycles. The summed E-state index contributed by atoms with van der Waals surface area (Å²) in [6.45, 7) is 1.51. The molecular formula is C22H21N5OS. The molecular weight excluding hydrogens is 382 g/mol. The number of fused-ring (bicyclic) bond motifs is 1. The van der Waals surface area contributed by atoms with E-state index in [4.69, 9.17) is 10.1 Å². The lowest BCUT2D eigenvalue weighted by molar-refractivity contribution is -0.131. The zero-order chi connectivity index (χ0) is 19.6. The lowest BCUT2D eigenvalue weighted by Crippen LogP contribution is -2.40. The first-order chi connectivity index (χ1) is 14.3. The Morgan fingerprint density at radius 3 is 2.86 bits per heavy atom. The maximum absolute atomic E-state index is 12.7. The number of carbonyl (C=O) groups excluding carboxylic acids is 1. The topological polar surface area (TPSA) is 63.4 Å². The third kappa shape index (κ3) is 3.78. The van der Waals surface area contributed by atoms with Gasteiger partial charge in [0.05, 0.1) is 6.42 Å². The van der Waals surface area contributed by atoms with E-state index in [1.807, 2.05) is 51.3 Å². The zero-order valence-electron chi connectivity index (χ0n) is 15.9. The first kappa shape index (κ1) is 18.0. The highest BCUT2D eigenvalue weighted by molar-refractivity contribution is 7.10. The van der Waals surface area contributed by atoms with Crippen LogP contribution in [-0.4, -0.2) is 43.5 Å². The second-order valence-corrected chi connectivity index (χ2v) is 8.39. The highest BCUT2D eigenvalue weighted by atomic mass is 32.1. The van der Waals surface area contributed by atoms with Gasteiger partial charge in [0.2, 0.25) is 5.91 Å². The third-order valence-electron chi connectivity index (χ3n) is 5.41. The number of pyridine rings is 2. The van der Waals surface area contributed by atoms with Gasteiger partial charge in [-0.2, -0.15) is 5.10 Å². The van der Waals surface area contributed by atoms with Gasteiger partial charge in [0, 0.05) is 48.0 Å². The van der Waals surface area contributed by atoms with E-state index in [-0.39, 0.29) is 11.8 Å². The van der Waals surface area contributed by atoms with Crippen LogP contribution in [0, 0.1) is 0 Å². The Labute approximate surface area is 172 Å². The van der Waals surface area contributed by atoms with Crippen molar-refractivity contribution in [2.24, 2.45) is 0 Å². The van der Waals surface area contributed by atoms with Gasteiger partial charge in [-0.05, 0) is 54.1 Å². The van der Waals surface area contributed by atoms with Gasteiger partial charge < -0.3 is 4.90 Å². The lowest BCUT2D eigenvalue weighted by atomic mass is 9.97. The predicted molar refractivity (Wildman–Crippen MR) is 113 cm³/mol. The maximum Gasteiger partial charge on any atom is 0.227 e. The van der Waals surface area contributed by atoms with Gasteiger partial charge >= 0.3 is 0 Å². The summed E-state index contributed by atoms with van der Waals surface area (Å²) in [5.74, 6) is 1.20. The minimum atomic E-state index is 0.181. The Morgan fingerprint density at radius 2 is 2.03 bits per heavy atom. The van der Waals surface area contributed by atoms with Crippen molar-refractivity contribution in [3.8, 4) is 11.1 Å². The van der Waals surface area contributed by atoms with E-state index >= 15 is 0 Å². The van der Waals surface area contributed by atoms with Crippen LogP contribution in [0.25, 0.3) is 16.8 Å². The van der Waals surface area contributed by atoms with Crippen LogP contribution in [0.15, 0.2) is 60.4 Å². The summed E-state index contributed by atoms with van der Waals surface area (Å²) in [4.78, 5) is 24.6. The van der Waals surface area contributed by atoms with E-state index in [2.05, 4.69) is 11.1 Å². The summed E-state index contributed by atoms with van der Waals surface area (Å²) in [5.41, 5.74) is 3.01. The molecule has 0 radical (unpaired) electrons. The van der Waals surface area contributed by atoms with E-state index in [0.29, 0.717) is 13.0 Å². The third-order valence-corrected chi connectivity index (χ3v) is 6.28. The maximum atomic E-state index is 12.7. The van der Waals surface area contributed by atoms with Crippen LogP contribution in [0.2, 0.25) is 0 Å². The molecule has 5 heterocycles. The molecule has 0 saturated carbocycles. The van der Waals surface area contributed by atoms with Gasteiger partial charge in [-0.25, -0.2) is 9.50 Å². The standard InChI is InChI=1S/C22H21N5OS/c28-21(13-19-4-2-12-29-19)26-11-1-3-18(14-26)22-24-20-6-5-17(15-27(20)25-22)16-7-9-23-10-8-16/h2,4-10,12,15,18H,1,3,11,13-14H2. The number of rotatable bonds is 4. The highest BCUT2D eigenvalue weighted by Gasteiger charge is 2.27. The molecule has 1 unspecified atom stereocenters. The summed E-state index contributed by atoms with van der Waals surface area (Å²) in [7, 11) is 0. The first-order valence-electron chi connectivity index (χ1n) is 9.83. The van der Waals surface area contributed by atoms with Crippen molar-refractivity contribution in [3.05, 3.63) is 71.1 Å². The van der Waals surface area contributed by atoms with Gasteiger partial charge in [-0.15, -0.1) is 11.3 Å². The number of piperidine rings is 1. The molecule has 6 nitrogen and oxygen atoms in total. The van der Waals surface area contributed by atoms with E-state index in [1.165, 1.54) is 0 Å². The Balaban J connectivity index is 1.35. The molecule has 1 aliphatic rings. The molecule has 1 saturated heterocycles. The zero-order valence-corrected chi connectivity index (χ0v) is 16.8. The van der Waals surface area contributed by atoms with Gasteiger partial charge in [0.25, 0.3) is 0 Å². The van der Waals surface area contributed by atoms with Crippen LogP contribution in [0.5, 0.6) is 0 Å². The van der Waals surface area contributed by atoms with Crippen molar-refractivity contribution >= 4 is 22.9 Å². The van der Waals surface area contributed by atoms with Gasteiger partial charge in [0.15, 0.2) is 11.5 Å². The molecule has 1 atom stereocenters. The number of thiophene rings is 1. The number of nitrogens with zero attached hydrogens (tertiary/aromatic N) is 5. The molecule has 1 amide bonds. The Kier molecular flexibility index (Phi) is 4.81. The Bertz CT molecular complexity index is 1120. The lowest BCUT2D eigenvalue weighted by Gasteiger charge is -2.31. The SMILES string of the molecule is O=C(Cc1cccs1)N1CCCC(c2nc3ccc(-c4ccncc4)cn3n2)C1. The molecule has 0 N–H and O–H groups in total. The monoisotopic (exact) mass is 403 g/mol. The molecule has 1 fully saturated rings. The van der Waals surface area contributed by atoms with Crippen LogP contribution in [0.3, 0.4) is 0 Å². The largest absolute Gasteiger partial charge is 0.342 e. The van der Waals surface area contributed by atoms with Gasteiger partial charge in [-0.1, -0.05) is 6.07 Å². The summed E-state index contributed by atoms with van der Waals surface area (Å²) in [5, 5.41) is 6.76. The number of aromatic nitrogens is 4. The summed E-state index contributed by atoms with van der Waals surface area (Å²) >= 11 is 1.64. The molecule has 29 heavy (non-hydrogen) atoms. The van der Waals surface area contributed by atoms with E-state index in [1.54, 1.807) is 23.7 Å². The van der Waals surface area contributed by atoms with Crippen LogP contribution in [0.1, 0.15) is 29.5 Å². The predicted octanol–water partition coefficient (Wildman–Crippen LogP) is 3.80. The Hall–Kier alpha value is -3.06. The normalized spacial score (nSPS) is 17.0. The van der Waals surface area contributed by atoms with Crippen LogP contribution in [0.4, 0.5) is 0 Å². The van der Waals surface area contributed by atoms with Crippen molar-refractivity contribution in [3.63, 3.8) is 0 Å². The fourth-order valence-corrected chi connectivity index (χ4v) is 4.57.